The molecule has 0 unspecified atom stereocenters. The number of aryl methyl sites for hydroxylation is 1. The van der Waals surface area contributed by atoms with Crippen LogP contribution in [0, 0.1) is 5.82 Å². The minimum absolute atomic E-state index is 0.0848. The van der Waals surface area contributed by atoms with Gasteiger partial charge in [-0.25, -0.2) is 9.37 Å². The van der Waals surface area contributed by atoms with Crippen LogP contribution in [0.5, 0.6) is 11.5 Å². The van der Waals surface area contributed by atoms with Gasteiger partial charge in [0.2, 0.25) is 5.91 Å². The third-order valence-corrected chi connectivity index (χ3v) is 5.00. The molecular weight excluding hydrogens is 409 g/mol. The topological polar surface area (TPSA) is 73.2 Å². The van der Waals surface area contributed by atoms with Gasteiger partial charge in [-0.15, -0.1) is 0 Å². The summed E-state index contributed by atoms with van der Waals surface area (Å²) in [6, 6.07) is 20.3. The quantitative estimate of drug-likeness (QED) is 0.448. The number of benzene rings is 3. The van der Waals surface area contributed by atoms with Gasteiger partial charge in [0.15, 0.2) is 0 Å². The van der Waals surface area contributed by atoms with Crippen molar-refractivity contribution in [2.24, 2.45) is 0 Å². The Morgan fingerprint density at radius 3 is 2.41 bits per heavy atom. The fourth-order valence-electron chi connectivity index (χ4n) is 3.28. The third-order valence-electron chi connectivity index (χ3n) is 5.00. The smallest absolute Gasteiger partial charge is 0.261 e. The van der Waals surface area contributed by atoms with Gasteiger partial charge in [0, 0.05) is 19.5 Å². The highest BCUT2D eigenvalue weighted by Gasteiger charge is 2.06. The molecule has 1 N–H and O–H groups in total. The molecule has 1 heterocycles. The fraction of sp³-hybridized carbons (Fsp3) is 0.160. The SMILES string of the molecule is O=C(CCCn1cnc2ccccc2c1=O)NCc1ccc(Oc2ccc(F)cc2)cc1. The molecule has 4 rings (SSSR count). The van der Waals surface area contributed by atoms with Crippen LogP contribution >= 0.6 is 0 Å². The van der Waals surface area contributed by atoms with Crippen LogP contribution in [0.4, 0.5) is 4.39 Å². The Hall–Kier alpha value is -4.00. The first-order valence-electron chi connectivity index (χ1n) is 10.3. The van der Waals surface area contributed by atoms with Crippen LogP contribution in [-0.4, -0.2) is 15.5 Å². The molecule has 0 fully saturated rings. The Morgan fingerprint density at radius 2 is 1.66 bits per heavy atom. The number of rotatable bonds is 8. The number of amides is 1. The van der Waals surface area contributed by atoms with Crippen molar-refractivity contribution >= 4 is 16.8 Å². The lowest BCUT2D eigenvalue weighted by atomic mass is 10.2. The molecule has 0 saturated carbocycles. The average molecular weight is 431 g/mol. The van der Waals surface area contributed by atoms with E-state index in [2.05, 4.69) is 10.3 Å². The molecule has 0 radical (unpaired) electrons. The van der Waals surface area contributed by atoms with Gasteiger partial charge in [-0.2, -0.15) is 0 Å². The molecule has 0 spiro atoms. The highest BCUT2D eigenvalue weighted by atomic mass is 19.1. The summed E-state index contributed by atoms with van der Waals surface area (Å²) in [5.74, 6) is 0.775. The van der Waals surface area contributed by atoms with Crippen molar-refractivity contribution in [3.8, 4) is 11.5 Å². The maximum Gasteiger partial charge on any atom is 0.261 e. The summed E-state index contributed by atoms with van der Waals surface area (Å²) in [6.45, 7) is 0.826. The number of nitrogens with zero attached hydrogens (tertiary/aromatic N) is 2. The van der Waals surface area contributed by atoms with Crippen LogP contribution in [0.2, 0.25) is 0 Å². The van der Waals surface area contributed by atoms with E-state index in [1.165, 1.54) is 23.0 Å². The maximum absolute atomic E-state index is 13.0. The van der Waals surface area contributed by atoms with Gasteiger partial charge in [-0.05, 0) is 60.5 Å². The van der Waals surface area contributed by atoms with Gasteiger partial charge in [0.05, 0.1) is 17.2 Å². The summed E-state index contributed by atoms with van der Waals surface area (Å²) < 4.78 is 20.2. The van der Waals surface area contributed by atoms with Gasteiger partial charge in [0.1, 0.15) is 17.3 Å². The monoisotopic (exact) mass is 431 g/mol. The van der Waals surface area contributed by atoms with Crippen LogP contribution in [0.3, 0.4) is 0 Å². The first-order chi connectivity index (χ1) is 15.6. The summed E-state index contributed by atoms with van der Waals surface area (Å²) in [7, 11) is 0. The van der Waals surface area contributed by atoms with Crippen LogP contribution < -0.4 is 15.6 Å². The summed E-state index contributed by atoms with van der Waals surface area (Å²) >= 11 is 0. The molecule has 0 aliphatic heterocycles. The molecule has 32 heavy (non-hydrogen) atoms. The Morgan fingerprint density at radius 1 is 0.969 bits per heavy atom. The van der Waals surface area contributed by atoms with Crippen molar-refractivity contribution in [3.05, 3.63) is 101 Å². The summed E-state index contributed by atoms with van der Waals surface area (Å²) in [6.07, 6.45) is 2.37. The molecule has 4 aromatic rings. The second kappa shape index (κ2) is 9.87. The highest BCUT2D eigenvalue weighted by molar-refractivity contribution is 5.77. The Balaban J connectivity index is 1.23. The number of para-hydroxylation sites is 1. The molecule has 0 aliphatic carbocycles. The second-order valence-electron chi connectivity index (χ2n) is 7.34. The lowest BCUT2D eigenvalue weighted by Crippen LogP contribution is -2.24. The minimum Gasteiger partial charge on any atom is -0.457 e. The number of halogens is 1. The normalized spacial score (nSPS) is 10.8. The van der Waals surface area contributed by atoms with E-state index in [-0.39, 0.29) is 17.3 Å². The van der Waals surface area contributed by atoms with E-state index in [4.69, 9.17) is 4.74 Å². The maximum atomic E-state index is 13.0. The third kappa shape index (κ3) is 5.37. The van der Waals surface area contributed by atoms with Gasteiger partial charge >= 0.3 is 0 Å². The number of carbonyl (C=O) groups excluding carboxylic acids is 1. The largest absolute Gasteiger partial charge is 0.457 e. The Kier molecular flexibility index (Phi) is 6.55. The predicted molar refractivity (Wildman–Crippen MR) is 120 cm³/mol. The number of nitrogens with one attached hydrogen (secondary N) is 1. The van der Waals surface area contributed by atoms with Crippen LogP contribution in [0.15, 0.2) is 83.9 Å². The number of hydrogen-bond donors (Lipinski definition) is 1. The van der Waals surface area contributed by atoms with Gasteiger partial charge in [-0.3, -0.25) is 14.2 Å². The van der Waals surface area contributed by atoms with Crippen molar-refractivity contribution < 1.29 is 13.9 Å². The molecule has 0 saturated heterocycles. The summed E-state index contributed by atoms with van der Waals surface area (Å²) in [5, 5.41) is 3.46. The lowest BCUT2D eigenvalue weighted by molar-refractivity contribution is -0.121. The van der Waals surface area contributed by atoms with E-state index < -0.39 is 0 Å². The van der Waals surface area contributed by atoms with Crippen LogP contribution in [-0.2, 0) is 17.9 Å². The van der Waals surface area contributed by atoms with Crippen molar-refractivity contribution in [3.63, 3.8) is 0 Å². The molecule has 1 aromatic heterocycles. The Labute approximate surface area is 184 Å². The zero-order chi connectivity index (χ0) is 22.3. The lowest BCUT2D eigenvalue weighted by Gasteiger charge is -2.09. The molecule has 0 aliphatic rings. The predicted octanol–water partition coefficient (Wildman–Crippen LogP) is 4.42. The first kappa shape index (κ1) is 21.2. The van der Waals surface area contributed by atoms with Crippen molar-refractivity contribution in [2.45, 2.75) is 25.9 Å². The molecule has 0 atom stereocenters. The standard InChI is InChI=1S/C25H22FN3O3/c26-19-9-13-21(14-10-19)32-20-11-7-18(8-12-20)16-27-24(30)6-3-15-29-17-28-23-5-2-1-4-22(23)25(29)31/h1-2,4-5,7-14,17H,3,6,15-16H2,(H,27,30). The van der Waals surface area contributed by atoms with E-state index in [1.54, 1.807) is 36.4 Å². The van der Waals surface area contributed by atoms with E-state index >= 15 is 0 Å². The molecule has 1 amide bonds. The molecule has 6 nitrogen and oxygen atoms in total. The molecular formula is C25H22FN3O3. The van der Waals surface area contributed by atoms with E-state index in [9.17, 15) is 14.0 Å². The average Bonchev–Trinajstić information content (AvgIpc) is 2.82. The number of hydrogen-bond acceptors (Lipinski definition) is 4. The van der Waals surface area contributed by atoms with Crippen molar-refractivity contribution in [1.82, 2.24) is 14.9 Å². The second-order valence-corrected chi connectivity index (χ2v) is 7.34. The van der Waals surface area contributed by atoms with E-state index in [1.807, 2.05) is 24.3 Å². The zero-order valence-corrected chi connectivity index (χ0v) is 17.3. The molecule has 162 valence electrons. The molecule has 0 bridgehead atoms. The molecule has 3 aromatic carbocycles. The fourth-order valence-corrected chi connectivity index (χ4v) is 3.28. The number of fused-ring (bicyclic) bond motifs is 1. The summed E-state index contributed by atoms with van der Waals surface area (Å²) in [4.78, 5) is 28.9. The van der Waals surface area contributed by atoms with E-state index in [0.717, 1.165) is 5.56 Å². The van der Waals surface area contributed by atoms with E-state index in [0.29, 0.717) is 48.3 Å². The first-order valence-corrected chi connectivity index (χ1v) is 10.3. The van der Waals surface area contributed by atoms with Crippen LogP contribution in [0.25, 0.3) is 10.9 Å². The zero-order valence-electron chi connectivity index (χ0n) is 17.3. The van der Waals surface area contributed by atoms with Crippen molar-refractivity contribution in [2.75, 3.05) is 0 Å². The van der Waals surface area contributed by atoms with Gasteiger partial charge in [0.25, 0.3) is 5.56 Å². The number of ether oxygens (including phenoxy) is 1. The highest BCUT2D eigenvalue weighted by Crippen LogP contribution is 2.21. The number of carbonyl (C=O) groups is 1. The van der Waals surface area contributed by atoms with Crippen molar-refractivity contribution in [1.29, 1.82) is 0 Å². The minimum atomic E-state index is -0.315. The van der Waals surface area contributed by atoms with Gasteiger partial charge < -0.3 is 10.1 Å². The summed E-state index contributed by atoms with van der Waals surface area (Å²) in [5.41, 5.74) is 1.50. The van der Waals surface area contributed by atoms with Gasteiger partial charge in [-0.1, -0.05) is 24.3 Å². The van der Waals surface area contributed by atoms with Crippen LogP contribution in [0.1, 0.15) is 18.4 Å². The molecule has 7 heteroatoms. The number of aromatic nitrogens is 2. The Bertz CT molecular complexity index is 1270.